The normalized spacial score (nSPS) is 27.3. The molecule has 2 aliphatic rings. The Morgan fingerprint density at radius 2 is 1.95 bits per heavy atom. The van der Waals surface area contributed by atoms with Gasteiger partial charge in [0.15, 0.2) is 0 Å². The van der Waals surface area contributed by atoms with Crippen LogP contribution in [0.4, 0.5) is 0 Å². The summed E-state index contributed by atoms with van der Waals surface area (Å²) in [6.45, 7) is 8.36. The van der Waals surface area contributed by atoms with E-state index in [-0.39, 0.29) is 12.4 Å². The minimum absolute atomic E-state index is 0. The predicted octanol–water partition coefficient (Wildman–Crippen LogP) is 2.95. The summed E-state index contributed by atoms with van der Waals surface area (Å²) in [5, 5.41) is 3.49. The Balaban J connectivity index is 0.00000161. The summed E-state index contributed by atoms with van der Waals surface area (Å²) in [6.07, 6.45) is 4.01. The molecule has 0 aliphatic carbocycles. The summed E-state index contributed by atoms with van der Waals surface area (Å²) in [4.78, 5) is 2.62. The molecule has 0 amide bonds. The lowest BCUT2D eigenvalue weighted by molar-refractivity contribution is 0.0775. The number of para-hydroxylation sites is 1. The van der Waals surface area contributed by atoms with Crippen molar-refractivity contribution >= 4 is 12.4 Å². The van der Waals surface area contributed by atoms with Crippen molar-refractivity contribution in [3.8, 4) is 5.75 Å². The second-order valence-electron chi connectivity index (χ2n) is 6.64. The lowest BCUT2D eigenvalue weighted by Crippen LogP contribution is -2.44. The number of hydrogen-bond donors (Lipinski definition) is 1. The number of nitrogens with zero attached hydrogens (tertiary/aromatic N) is 1. The first-order chi connectivity index (χ1) is 9.73. The van der Waals surface area contributed by atoms with Crippen molar-refractivity contribution in [2.24, 2.45) is 5.41 Å². The highest BCUT2D eigenvalue weighted by atomic mass is 35.5. The van der Waals surface area contributed by atoms with Gasteiger partial charge in [0.1, 0.15) is 11.9 Å². The number of ether oxygens (including phenoxy) is 1. The molecule has 0 radical (unpaired) electrons. The summed E-state index contributed by atoms with van der Waals surface area (Å²) in [6, 6.07) is 10.2. The molecule has 1 N–H and O–H groups in total. The van der Waals surface area contributed by atoms with Gasteiger partial charge < -0.3 is 15.0 Å². The molecule has 4 heteroatoms. The number of likely N-dealkylation sites (tertiary alicyclic amines) is 1. The maximum atomic E-state index is 6.06. The highest BCUT2D eigenvalue weighted by Crippen LogP contribution is 2.27. The van der Waals surface area contributed by atoms with E-state index in [2.05, 4.69) is 29.3 Å². The van der Waals surface area contributed by atoms with Gasteiger partial charge in [0, 0.05) is 26.2 Å². The van der Waals surface area contributed by atoms with E-state index >= 15 is 0 Å². The molecule has 118 valence electrons. The van der Waals surface area contributed by atoms with Gasteiger partial charge in [-0.1, -0.05) is 25.1 Å². The molecule has 21 heavy (non-hydrogen) atoms. The van der Waals surface area contributed by atoms with E-state index in [0.717, 1.165) is 18.6 Å². The molecule has 1 aromatic rings. The van der Waals surface area contributed by atoms with Crippen LogP contribution in [0, 0.1) is 5.41 Å². The highest BCUT2D eigenvalue weighted by molar-refractivity contribution is 5.85. The van der Waals surface area contributed by atoms with Gasteiger partial charge in [-0.15, -0.1) is 12.4 Å². The topological polar surface area (TPSA) is 24.5 Å². The van der Waals surface area contributed by atoms with Gasteiger partial charge in [-0.05, 0) is 43.4 Å². The third-order valence-corrected chi connectivity index (χ3v) is 4.64. The van der Waals surface area contributed by atoms with Crippen molar-refractivity contribution in [3.05, 3.63) is 30.3 Å². The molecule has 2 heterocycles. The largest absolute Gasteiger partial charge is 0.490 e. The Hall–Kier alpha value is -0.770. The number of benzene rings is 1. The van der Waals surface area contributed by atoms with Crippen LogP contribution in [0.25, 0.3) is 0 Å². The van der Waals surface area contributed by atoms with E-state index in [0.29, 0.717) is 11.5 Å². The van der Waals surface area contributed by atoms with Gasteiger partial charge in [0.25, 0.3) is 0 Å². The van der Waals surface area contributed by atoms with Crippen LogP contribution in [0.1, 0.15) is 26.2 Å². The maximum Gasteiger partial charge on any atom is 0.119 e. The Labute approximate surface area is 134 Å². The standard InChI is InChI=1S/C17H26N2O.ClH/c1-17(9-10-18-13-17)14-19-11-7-16(8-12-19)20-15-5-3-2-4-6-15;/h2-6,16,18H,7-14H2,1H3;1H. The Kier molecular flexibility index (Phi) is 5.91. The number of halogens is 1. The fraction of sp³-hybridized carbons (Fsp3) is 0.647. The lowest BCUT2D eigenvalue weighted by atomic mass is 9.88. The molecule has 0 bridgehead atoms. The van der Waals surface area contributed by atoms with E-state index in [1.54, 1.807) is 0 Å². The minimum Gasteiger partial charge on any atom is -0.490 e. The molecule has 0 saturated carbocycles. The Bertz CT molecular complexity index is 412. The number of piperidine rings is 1. The average molecular weight is 311 g/mol. The van der Waals surface area contributed by atoms with Crippen molar-refractivity contribution < 1.29 is 4.74 Å². The number of nitrogens with one attached hydrogen (secondary N) is 1. The maximum absolute atomic E-state index is 6.06. The SMILES string of the molecule is CC1(CN2CCC(Oc3ccccc3)CC2)CCNC1.Cl. The van der Waals surface area contributed by atoms with E-state index in [9.17, 15) is 0 Å². The van der Waals surface area contributed by atoms with Crippen molar-refractivity contribution in [2.75, 3.05) is 32.7 Å². The zero-order chi connectivity index (χ0) is 13.8. The van der Waals surface area contributed by atoms with Gasteiger partial charge in [0.2, 0.25) is 0 Å². The molecule has 0 aromatic heterocycles. The molecule has 1 unspecified atom stereocenters. The minimum atomic E-state index is 0. The smallest absolute Gasteiger partial charge is 0.119 e. The summed E-state index contributed by atoms with van der Waals surface area (Å²) in [5.74, 6) is 1.01. The molecular formula is C17H27ClN2O. The summed E-state index contributed by atoms with van der Waals surface area (Å²) in [7, 11) is 0. The molecule has 2 aliphatic heterocycles. The van der Waals surface area contributed by atoms with Crippen LogP contribution in [-0.2, 0) is 0 Å². The first kappa shape index (κ1) is 16.6. The summed E-state index contributed by atoms with van der Waals surface area (Å²) >= 11 is 0. The lowest BCUT2D eigenvalue weighted by Gasteiger charge is -2.37. The van der Waals surface area contributed by atoms with Gasteiger partial charge in [0.05, 0.1) is 0 Å². The van der Waals surface area contributed by atoms with E-state index in [4.69, 9.17) is 4.74 Å². The second kappa shape index (κ2) is 7.48. The zero-order valence-corrected chi connectivity index (χ0v) is 13.7. The average Bonchev–Trinajstić information content (AvgIpc) is 2.89. The van der Waals surface area contributed by atoms with Crippen LogP contribution in [0.15, 0.2) is 30.3 Å². The molecule has 1 atom stereocenters. The van der Waals surface area contributed by atoms with Crippen molar-refractivity contribution in [3.63, 3.8) is 0 Å². The number of rotatable bonds is 4. The summed E-state index contributed by atoms with van der Waals surface area (Å²) in [5.41, 5.74) is 0.479. The van der Waals surface area contributed by atoms with Crippen LogP contribution >= 0.6 is 12.4 Å². The van der Waals surface area contributed by atoms with Gasteiger partial charge >= 0.3 is 0 Å². The monoisotopic (exact) mass is 310 g/mol. The highest BCUT2D eigenvalue weighted by Gasteiger charge is 2.32. The van der Waals surface area contributed by atoms with E-state index in [1.165, 1.54) is 39.1 Å². The molecule has 0 spiro atoms. The second-order valence-corrected chi connectivity index (χ2v) is 6.64. The van der Waals surface area contributed by atoms with Gasteiger partial charge in [-0.2, -0.15) is 0 Å². The zero-order valence-electron chi connectivity index (χ0n) is 12.9. The van der Waals surface area contributed by atoms with Crippen molar-refractivity contribution in [1.82, 2.24) is 10.2 Å². The molecule has 2 saturated heterocycles. The van der Waals surface area contributed by atoms with Crippen LogP contribution in [0.3, 0.4) is 0 Å². The quantitative estimate of drug-likeness (QED) is 0.925. The Morgan fingerprint density at radius 1 is 1.24 bits per heavy atom. The molecule has 2 fully saturated rings. The van der Waals surface area contributed by atoms with Gasteiger partial charge in [-0.25, -0.2) is 0 Å². The van der Waals surface area contributed by atoms with Crippen LogP contribution in [-0.4, -0.2) is 43.7 Å². The first-order valence-electron chi connectivity index (χ1n) is 7.88. The summed E-state index contributed by atoms with van der Waals surface area (Å²) < 4.78 is 6.06. The predicted molar refractivity (Wildman–Crippen MR) is 89.4 cm³/mol. The molecule has 3 nitrogen and oxygen atoms in total. The van der Waals surface area contributed by atoms with Gasteiger partial charge in [-0.3, -0.25) is 0 Å². The van der Waals surface area contributed by atoms with E-state index < -0.39 is 0 Å². The third kappa shape index (κ3) is 4.60. The van der Waals surface area contributed by atoms with Crippen molar-refractivity contribution in [2.45, 2.75) is 32.3 Å². The van der Waals surface area contributed by atoms with Crippen LogP contribution in [0.5, 0.6) is 5.75 Å². The Morgan fingerprint density at radius 3 is 2.57 bits per heavy atom. The van der Waals surface area contributed by atoms with Crippen molar-refractivity contribution in [1.29, 1.82) is 0 Å². The fourth-order valence-electron chi connectivity index (χ4n) is 3.42. The fourth-order valence-corrected chi connectivity index (χ4v) is 3.42. The number of hydrogen-bond acceptors (Lipinski definition) is 3. The molecule has 3 rings (SSSR count). The third-order valence-electron chi connectivity index (χ3n) is 4.64. The van der Waals surface area contributed by atoms with E-state index in [1.807, 2.05) is 18.2 Å². The van der Waals surface area contributed by atoms with Crippen LogP contribution in [0.2, 0.25) is 0 Å². The molecule has 1 aromatic carbocycles. The van der Waals surface area contributed by atoms with Crippen LogP contribution < -0.4 is 10.1 Å². The molecular weight excluding hydrogens is 284 g/mol. The first-order valence-corrected chi connectivity index (χ1v) is 7.88.